The number of nitrogens with zero attached hydrogens (tertiary/aromatic N) is 1. The first-order chi connectivity index (χ1) is 14.6. The predicted molar refractivity (Wildman–Crippen MR) is 109 cm³/mol. The topological polar surface area (TPSA) is 68.2 Å². The second kappa shape index (κ2) is 8.79. The number of ether oxygens (including phenoxy) is 3. The summed E-state index contributed by atoms with van der Waals surface area (Å²) < 4.78 is 51.5. The van der Waals surface area contributed by atoms with Gasteiger partial charge in [0, 0.05) is 24.3 Å². The number of hydrogen-bond acceptors (Lipinski definition) is 5. The number of hydrogen-bond donors (Lipinski definition) is 1. The summed E-state index contributed by atoms with van der Waals surface area (Å²) in [6.45, 7) is 3.80. The van der Waals surface area contributed by atoms with Crippen molar-refractivity contribution in [3.05, 3.63) is 53.6 Å². The van der Waals surface area contributed by atoms with Crippen LogP contribution in [0, 0.1) is 6.92 Å². The Morgan fingerprint density at radius 1 is 1.16 bits per heavy atom. The van der Waals surface area contributed by atoms with Gasteiger partial charge in [0.15, 0.2) is 0 Å². The molecule has 2 aromatic carbocycles. The molecule has 0 radical (unpaired) electrons. The monoisotopic (exact) mass is 437 g/mol. The SMILES string of the molecule is CCC1C=C(COC(=O)O)c2cc(Oc3ccc(OC(F)(F)F)cc3)c(C)cc2N1C. The third-order valence-corrected chi connectivity index (χ3v) is 4.96. The fourth-order valence-corrected chi connectivity index (χ4v) is 3.44. The van der Waals surface area contributed by atoms with Gasteiger partial charge in [0.25, 0.3) is 0 Å². The summed E-state index contributed by atoms with van der Waals surface area (Å²) in [5.74, 6) is 0.485. The second-order valence-electron chi connectivity index (χ2n) is 7.09. The van der Waals surface area contributed by atoms with Crippen LogP contribution < -0.4 is 14.4 Å². The Balaban J connectivity index is 1.90. The zero-order valence-electron chi connectivity index (χ0n) is 17.2. The molecule has 2 aromatic rings. The quantitative estimate of drug-likeness (QED) is 0.560. The Labute approximate surface area is 177 Å². The van der Waals surface area contributed by atoms with E-state index in [1.165, 1.54) is 24.3 Å². The van der Waals surface area contributed by atoms with E-state index in [1.54, 1.807) is 6.07 Å². The molecule has 1 atom stereocenters. The van der Waals surface area contributed by atoms with Gasteiger partial charge in [-0.05, 0) is 60.9 Å². The lowest BCUT2D eigenvalue weighted by Crippen LogP contribution is -2.33. The molecule has 1 aliphatic rings. The van der Waals surface area contributed by atoms with Crippen LogP contribution in [0.15, 0.2) is 42.5 Å². The van der Waals surface area contributed by atoms with Gasteiger partial charge >= 0.3 is 12.5 Å². The maximum atomic E-state index is 12.3. The molecule has 3 rings (SSSR count). The van der Waals surface area contributed by atoms with Gasteiger partial charge in [0.1, 0.15) is 23.9 Å². The molecule has 0 aliphatic carbocycles. The first-order valence-corrected chi connectivity index (χ1v) is 9.55. The van der Waals surface area contributed by atoms with E-state index < -0.39 is 12.5 Å². The number of likely N-dealkylation sites (N-methyl/N-ethyl adjacent to an activating group) is 1. The van der Waals surface area contributed by atoms with Crippen molar-refractivity contribution in [3.8, 4) is 17.2 Å². The minimum Gasteiger partial charge on any atom is -0.457 e. The molecule has 0 saturated heterocycles. The number of alkyl halides is 3. The lowest BCUT2D eigenvalue weighted by atomic mass is 9.93. The third-order valence-electron chi connectivity index (χ3n) is 4.96. The fourth-order valence-electron chi connectivity index (χ4n) is 3.44. The van der Waals surface area contributed by atoms with Crippen molar-refractivity contribution in [2.75, 3.05) is 18.6 Å². The predicted octanol–water partition coefficient (Wildman–Crippen LogP) is 5.99. The fraction of sp³-hybridized carbons (Fsp3) is 0.318. The first-order valence-electron chi connectivity index (χ1n) is 9.55. The first kappa shape index (κ1) is 22.3. The summed E-state index contributed by atoms with van der Waals surface area (Å²) in [4.78, 5) is 13.0. The number of anilines is 1. The van der Waals surface area contributed by atoms with Crippen LogP contribution in [-0.4, -0.2) is 37.3 Å². The maximum Gasteiger partial charge on any atom is 0.573 e. The number of carbonyl (C=O) groups is 1. The zero-order chi connectivity index (χ0) is 22.8. The highest BCUT2D eigenvalue weighted by Gasteiger charge is 2.31. The lowest BCUT2D eigenvalue weighted by Gasteiger charge is -2.35. The minimum atomic E-state index is -4.76. The number of benzene rings is 2. The van der Waals surface area contributed by atoms with Crippen LogP contribution >= 0.6 is 0 Å². The highest BCUT2D eigenvalue weighted by molar-refractivity contribution is 5.83. The maximum absolute atomic E-state index is 12.3. The Morgan fingerprint density at radius 3 is 2.39 bits per heavy atom. The minimum absolute atomic E-state index is 0.0900. The van der Waals surface area contributed by atoms with E-state index in [9.17, 15) is 18.0 Å². The number of fused-ring (bicyclic) bond motifs is 1. The van der Waals surface area contributed by atoms with Gasteiger partial charge < -0.3 is 24.2 Å². The zero-order valence-corrected chi connectivity index (χ0v) is 17.2. The normalized spacial score (nSPS) is 15.7. The largest absolute Gasteiger partial charge is 0.573 e. The van der Waals surface area contributed by atoms with Gasteiger partial charge in [-0.1, -0.05) is 13.0 Å². The van der Waals surface area contributed by atoms with Crippen molar-refractivity contribution in [2.45, 2.75) is 32.7 Å². The molecule has 0 bridgehead atoms. The molecule has 1 aliphatic heterocycles. The van der Waals surface area contributed by atoms with Crippen LogP contribution in [0.1, 0.15) is 24.5 Å². The van der Waals surface area contributed by atoms with Gasteiger partial charge in [-0.2, -0.15) is 0 Å². The molecule has 1 N–H and O–H groups in total. The Kier molecular flexibility index (Phi) is 6.33. The molecule has 1 heterocycles. The van der Waals surface area contributed by atoms with E-state index in [0.29, 0.717) is 11.5 Å². The summed E-state index contributed by atoms with van der Waals surface area (Å²) in [5.41, 5.74) is 3.22. The lowest BCUT2D eigenvalue weighted by molar-refractivity contribution is -0.274. The summed E-state index contributed by atoms with van der Waals surface area (Å²) in [6, 6.07) is 8.90. The van der Waals surface area contributed by atoms with Crippen LogP contribution in [0.2, 0.25) is 0 Å². The number of aryl methyl sites for hydroxylation is 1. The molecule has 31 heavy (non-hydrogen) atoms. The Morgan fingerprint density at radius 2 is 1.81 bits per heavy atom. The van der Waals surface area contributed by atoms with Crippen LogP contribution in [-0.2, 0) is 4.74 Å². The van der Waals surface area contributed by atoms with Gasteiger partial charge in [-0.25, -0.2) is 4.79 Å². The van der Waals surface area contributed by atoms with Crippen molar-refractivity contribution in [2.24, 2.45) is 0 Å². The van der Waals surface area contributed by atoms with Crippen LogP contribution in [0.5, 0.6) is 17.2 Å². The molecule has 9 heteroatoms. The summed E-state index contributed by atoms with van der Waals surface area (Å²) in [7, 11) is 1.96. The summed E-state index contributed by atoms with van der Waals surface area (Å²) >= 11 is 0. The molecule has 0 saturated carbocycles. The molecule has 0 amide bonds. The van der Waals surface area contributed by atoms with Gasteiger partial charge in [-0.3, -0.25) is 0 Å². The average Bonchev–Trinajstić information content (AvgIpc) is 2.69. The van der Waals surface area contributed by atoms with Crippen LogP contribution in [0.3, 0.4) is 0 Å². The second-order valence-corrected chi connectivity index (χ2v) is 7.09. The molecule has 0 aromatic heterocycles. The smallest absolute Gasteiger partial charge is 0.457 e. The molecule has 6 nitrogen and oxygen atoms in total. The summed E-state index contributed by atoms with van der Waals surface area (Å²) in [6.07, 6.45) is -3.33. The standard InChI is InChI=1S/C22H22F3NO5/c1-4-15-10-14(12-29-21(27)28)18-11-20(13(2)9-19(18)26(15)3)30-16-5-7-17(8-6-16)31-22(23,24)25/h5-11,15H,4,12H2,1-3H3,(H,27,28). The summed E-state index contributed by atoms with van der Waals surface area (Å²) in [5, 5.41) is 8.89. The van der Waals surface area contributed by atoms with E-state index in [1.807, 2.05) is 33.0 Å². The van der Waals surface area contributed by atoms with Crippen molar-refractivity contribution >= 4 is 17.4 Å². The van der Waals surface area contributed by atoms with E-state index >= 15 is 0 Å². The number of halogens is 3. The Bertz CT molecular complexity index is 986. The van der Waals surface area contributed by atoms with E-state index in [0.717, 1.165) is 28.8 Å². The molecular formula is C22H22F3NO5. The van der Waals surface area contributed by atoms with Crippen LogP contribution in [0.4, 0.5) is 23.7 Å². The van der Waals surface area contributed by atoms with Crippen molar-refractivity contribution in [1.82, 2.24) is 0 Å². The van der Waals surface area contributed by atoms with E-state index in [-0.39, 0.29) is 18.4 Å². The molecule has 0 spiro atoms. The number of carboxylic acid groups (broad SMARTS) is 1. The number of rotatable bonds is 6. The third kappa shape index (κ3) is 5.42. The highest BCUT2D eigenvalue weighted by Crippen LogP contribution is 2.40. The van der Waals surface area contributed by atoms with Crippen molar-refractivity contribution < 1.29 is 37.3 Å². The Hall–Kier alpha value is -3.36. The highest BCUT2D eigenvalue weighted by atomic mass is 19.4. The van der Waals surface area contributed by atoms with E-state index in [2.05, 4.69) is 9.64 Å². The van der Waals surface area contributed by atoms with Gasteiger partial charge in [0.05, 0.1) is 0 Å². The molecular weight excluding hydrogens is 415 g/mol. The molecule has 0 fully saturated rings. The molecule has 166 valence electrons. The van der Waals surface area contributed by atoms with Gasteiger partial charge in [-0.15, -0.1) is 13.2 Å². The van der Waals surface area contributed by atoms with Crippen molar-refractivity contribution in [1.29, 1.82) is 0 Å². The molecule has 1 unspecified atom stereocenters. The van der Waals surface area contributed by atoms with Gasteiger partial charge in [0.2, 0.25) is 0 Å². The van der Waals surface area contributed by atoms with Crippen molar-refractivity contribution in [3.63, 3.8) is 0 Å². The van der Waals surface area contributed by atoms with E-state index in [4.69, 9.17) is 14.6 Å². The average molecular weight is 437 g/mol. The van der Waals surface area contributed by atoms with Crippen LogP contribution in [0.25, 0.3) is 5.57 Å².